The number of aliphatic carboxylic acids is 1. The molecule has 3 fully saturated rings. The molecule has 0 amide bonds. The Labute approximate surface area is 211 Å². The number of rotatable bonds is 9. The molecule has 188 valence electrons. The first-order valence-electron chi connectivity index (χ1n) is 13.8. The van der Waals surface area contributed by atoms with Gasteiger partial charge >= 0.3 is 5.97 Å². The van der Waals surface area contributed by atoms with Gasteiger partial charge in [-0.15, -0.1) is 0 Å². The molecule has 0 aromatic rings. The Balaban J connectivity index is 1.41. The van der Waals surface area contributed by atoms with Gasteiger partial charge < -0.3 is 5.11 Å². The molecule has 8 atom stereocenters. The van der Waals surface area contributed by atoms with Gasteiger partial charge in [-0.3, -0.25) is 4.79 Å². The molecule has 3 saturated carbocycles. The van der Waals surface area contributed by atoms with Gasteiger partial charge in [0.15, 0.2) is 0 Å². The molecule has 0 aromatic carbocycles. The average Bonchev–Trinajstić information content (AvgIpc) is 3.10. The van der Waals surface area contributed by atoms with Crippen molar-refractivity contribution in [1.29, 1.82) is 0 Å². The maximum Gasteiger partial charge on any atom is 0.314 e. The molecule has 1 N–H and O–H groups in total. The van der Waals surface area contributed by atoms with Crippen LogP contribution in [-0.2, 0) is 4.79 Å². The molecule has 0 aromatic heterocycles. The Kier molecular flexibility index (Phi) is 8.26. The Morgan fingerprint density at radius 3 is 2.61 bits per heavy atom. The normalized spacial score (nSPS) is 41.2. The zero-order valence-corrected chi connectivity index (χ0v) is 23.4. The van der Waals surface area contributed by atoms with Crippen molar-refractivity contribution in [3.05, 3.63) is 11.6 Å². The molecular weight excluding hydrogens is 444 g/mol. The molecule has 0 spiro atoms. The number of allylic oxidation sites excluding steroid dienone is 2. The maximum atomic E-state index is 10.9. The van der Waals surface area contributed by atoms with Crippen LogP contribution in [0.5, 0.6) is 0 Å². The highest BCUT2D eigenvalue weighted by Crippen LogP contribution is 2.67. The van der Waals surface area contributed by atoms with Crippen LogP contribution in [0.15, 0.2) is 11.6 Å². The number of carboxylic acids is 1. The van der Waals surface area contributed by atoms with Crippen molar-refractivity contribution in [2.75, 3.05) is 5.75 Å². The monoisotopic (exact) mass is 492 g/mol. The van der Waals surface area contributed by atoms with E-state index >= 15 is 0 Å². The van der Waals surface area contributed by atoms with E-state index in [4.69, 9.17) is 5.11 Å². The molecule has 4 rings (SSSR count). The Morgan fingerprint density at radius 2 is 1.88 bits per heavy atom. The van der Waals surface area contributed by atoms with Gasteiger partial charge in [0, 0.05) is 5.25 Å². The predicted octanol–water partition coefficient (Wildman–Crippen LogP) is 8.86. The van der Waals surface area contributed by atoms with Crippen LogP contribution in [0, 0.1) is 46.3 Å². The third-order valence-electron chi connectivity index (χ3n) is 10.6. The first-order valence-corrected chi connectivity index (χ1v) is 16.2. The smallest absolute Gasteiger partial charge is 0.314 e. The number of carbonyl (C=O) groups is 1. The van der Waals surface area contributed by atoms with E-state index in [0.29, 0.717) is 16.1 Å². The van der Waals surface area contributed by atoms with Crippen LogP contribution in [0.4, 0.5) is 0 Å². The van der Waals surface area contributed by atoms with Crippen molar-refractivity contribution in [1.82, 2.24) is 0 Å². The molecule has 0 heterocycles. The molecule has 0 saturated heterocycles. The molecule has 33 heavy (non-hydrogen) atoms. The summed E-state index contributed by atoms with van der Waals surface area (Å²) in [5.74, 6) is 4.90. The highest BCUT2D eigenvalue weighted by atomic mass is 33.1. The van der Waals surface area contributed by atoms with Crippen LogP contribution in [0.1, 0.15) is 105 Å². The number of fused-ring (bicyclic) bond motifs is 5. The minimum absolute atomic E-state index is 0.222. The van der Waals surface area contributed by atoms with Gasteiger partial charge in [-0.25, -0.2) is 0 Å². The largest absolute Gasteiger partial charge is 0.481 e. The first kappa shape index (κ1) is 26.0. The van der Waals surface area contributed by atoms with Gasteiger partial charge in [-0.1, -0.05) is 87.1 Å². The first-order chi connectivity index (χ1) is 15.6. The highest BCUT2D eigenvalue weighted by Gasteiger charge is 2.59. The molecule has 0 radical (unpaired) electrons. The van der Waals surface area contributed by atoms with E-state index in [2.05, 4.69) is 40.7 Å². The van der Waals surface area contributed by atoms with Crippen LogP contribution in [-0.4, -0.2) is 22.1 Å². The van der Waals surface area contributed by atoms with Crippen molar-refractivity contribution in [2.24, 2.45) is 46.3 Å². The minimum atomic E-state index is -0.692. The van der Waals surface area contributed by atoms with Gasteiger partial charge in [-0.2, -0.15) is 0 Å². The van der Waals surface area contributed by atoms with E-state index < -0.39 is 5.97 Å². The number of hydrogen-bond donors (Lipinski definition) is 1. The van der Waals surface area contributed by atoms with Crippen molar-refractivity contribution in [3.63, 3.8) is 0 Å². The van der Waals surface area contributed by atoms with Gasteiger partial charge in [0.25, 0.3) is 0 Å². The second-order valence-electron chi connectivity index (χ2n) is 12.9. The van der Waals surface area contributed by atoms with Gasteiger partial charge in [0.1, 0.15) is 5.75 Å². The summed E-state index contributed by atoms with van der Waals surface area (Å²) >= 11 is 0. The quantitative estimate of drug-likeness (QED) is 0.257. The summed E-state index contributed by atoms with van der Waals surface area (Å²) in [6.45, 7) is 12.6. The van der Waals surface area contributed by atoms with Gasteiger partial charge in [0.05, 0.1) is 0 Å². The van der Waals surface area contributed by atoms with Gasteiger partial charge in [-0.05, 0) is 97.7 Å². The zero-order chi connectivity index (χ0) is 23.8. The van der Waals surface area contributed by atoms with Crippen LogP contribution in [0.3, 0.4) is 0 Å². The second kappa shape index (κ2) is 10.5. The second-order valence-corrected chi connectivity index (χ2v) is 15.6. The zero-order valence-electron chi connectivity index (χ0n) is 21.8. The van der Waals surface area contributed by atoms with E-state index in [1.807, 2.05) is 10.8 Å². The summed E-state index contributed by atoms with van der Waals surface area (Å²) in [7, 11) is 3.37. The Bertz CT molecular complexity index is 733. The standard InChI is InChI=1S/C29H48O2S2/c1-19(2)7-6-8-20(3)24-11-12-25-23-10-9-21-17-22(33-32-18-27(30)31)13-15-28(21,4)26(23)14-16-29(24,25)5/h9,19-20,22-26H,6-8,10-18H2,1-5H3,(H,30,31)/t20-,22?,23?,24-,25?,26?,28+,29-/m1/s1. The van der Waals surface area contributed by atoms with E-state index in [0.717, 1.165) is 35.5 Å². The summed E-state index contributed by atoms with van der Waals surface area (Å²) in [6, 6.07) is 0. The maximum absolute atomic E-state index is 10.9. The van der Waals surface area contributed by atoms with Crippen LogP contribution >= 0.6 is 21.6 Å². The van der Waals surface area contributed by atoms with E-state index in [1.165, 1.54) is 70.6 Å². The van der Waals surface area contributed by atoms with Crippen molar-refractivity contribution in [2.45, 2.75) is 110 Å². The lowest BCUT2D eigenvalue weighted by Crippen LogP contribution is -2.50. The summed E-state index contributed by atoms with van der Waals surface area (Å²) < 4.78 is 0. The Hall–Kier alpha value is -0.0900. The van der Waals surface area contributed by atoms with Gasteiger partial charge in [0.2, 0.25) is 0 Å². The van der Waals surface area contributed by atoms with Crippen LogP contribution in [0.2, 0.25) is 0 Å². The van der Waals surface area contributed by atoms with Crippen LogP contribution in [0.25, 0.3) is 0 Å². The average molecular weight is 493 g/mol. The molecule has 0 aliphatic heterocycles. The summed E-state index contributed by atoms with van der Waals surface area (Å²) in [6.07, 6.45) is 17.8. The molecule has 0 bridgehead atoms. The predicted molar refractivity (Wildman–Crippen MR) is 145 cm³/mol. The van der Waals surface area contributed by atoms with E-state index in [-0.39, 0.29) is 5.75 Å². The Morgan fingerprint density at radius 1 is 1.09 bits per heavy atom. The third kappa shape index (κ3) is 5.23. The summed E-state index contributed by atoms with van der Waals surface area (Å²) in [5.41, 5.74) is 2.70. The highest BCUT2D eigenvalue weighted by molar-refractivity contribution is 8.77. The van der Waals surface area contributed by atoms with Crippen LogP contribution < -0.4 is 0 Å². The van der Waals surface area contributed by atoms with Crippen molar-refractivity contribution < 1.29 is 9.90 Å². The molecule has 2 nitrogen and oxygen atoms in total. The van der Waals surface area contributed by atoms with Crippen molar-refractivity contribution in [3.8, 4) is 0 Å². The lowest BCUT2D eigenvalue weighted by Gasteiger charge is -2.58. The summed E-state index contributed by atoms with van der Waals surface area (Å²) in [5, 5.41) is 9.57. The fourth-order valence-electron chi connectivity index (χ4n) is 8.91. The molecule has 4 aliphatic carbocycles. The molecular formula is C29H48O2S2. The number of carboxylic acid groups (broad SMARTS) is 1. The molecule has 4 aliphatic rings. The number of hydrogen-bond acceptors (Lipinski definition) is 3. The fourth-order valence-corrected chi connectivity index (χ4v) is 11.3. The third-order valence-corrected chi connectivity index (χ3v) is 13.4. The minimum Gasteiger partial charge on any atom is -0.481 e. The lowest BCUT2D eigenvalue weighted by atomic mass is 9.47. The molecule has 4 heteroatoms. The SMILES string of the molecule is CC(C)CCC[C@@H](C)[C@H]1CCC2C3CC=C4CC(SSCC(=O)O)CC[C@]4(C)C3CC[C@@]21C. The molecule has 4 unspecified atom stereocenters. The van der Waals surface area contributed by atoms with Crippen molar-refractivity contribution >= 4 is 27.6 Å². The van der Waals surface area contributed by atoms with E-state index in [1.54, 1.807) is 16.4 Å². The topological polar surface area (TPSA) is 37.3 Å². The lowest BCUT2D eigenvalue weighted by molar-refractivity contribution is -0.133. The fraction of sp³-hybridized carbons (Fsp3) is 0.897. The van der Waals surface area contributed by atoms with E-state index in [9.17, 15) is 4.79 Å². The summed E-state index contributed by atoms with van der Waals surface area (Å²) in [4.78, 5) is 10.9.